The van der Waals surface area contributed by atoms with Gasteiger partial charge in [-0.1, -0.05) is 32.8 Å². The molecule has 7 heteroatoms. The summed E-state index contributed by atoms with van der Waals surface area (Å²) in [4.78, 5) is 39.4. The molecule has 6 nitrogen and oxygen atoms in total. The van der Waals surface area contributed by atoms with E-state index in [1.54, 1.807) is 18.4 Å². The molecule has 126 valence electrons. The number of amides is 4. The Balaban J connectivity index is 2.06. The van der Waals surface area contributed by atoms with Crippen molar-refractivity contribution in [2.45, 2.75) is 32.7 Å². The number of rotatable bonds is 7. The first kappa shape index (κ1) is 17.5. The highest BCUT2D eigenvalue weighted by atomic mass is 32.1. The summed E-state index contributed by atoms with van der Waals surface area (Å²) in [5.41, 5.74) is 0. The number of urea groups is 1. The summed E-state index contributed by atoms with van der Waals surface area (Å²) in [5, 5.41) is 5.00. The van der Waals surface area contributed by atoms with E-state index in [1.807, 2.05) is 17.5 Å². The van der Waals surface area contributed by atoms with E-state index >= 15 is 0 Å². The van der Waals surface area contributed by atoms with Crippen molar-refractivity contribution in [2.24, 2.45) is 5.92 Å². The van der Waals surface area contributed by atoms with E-state index in [4.69, 9.17) is 0 Å². The second-order valence-corrected chi connectivity index (χ2v) is 6.73. The molecule has 0 unspecified atom stereocenters. The lowest BCUT2D eigenvalue weighted by Gasteiger charge is -2.26. The number of carbonyl (C=O) groups is 3. The van der Waals surface area contributed by atoms with Gasteiger partial charge in [-0.05, 0) is 17.4 Å². The van der Waals surface area contributed by atoms with Gasteiger partial charge in [0.05, 0.1) is 6.04 Å². The van der Waals surface area contributed by atoms with Crippen molar-refractivity contribution in [3.63, 3.8) is 0 Å². The van der Waals surface area contributed by atoms with E-state index in [0.29, 0.717) is 5.92 Å². The van der Waals surface area contributed by atoms with Crippen LogP contribution in [0.1, 0.15) is 37.6 Å². The maximum Gasteiger partial charge on any atom is 0.327 e. The van der Waals surface area contributed by atoms with Gasteiger partial charge in [0.1, 0.15) is 13.1 Å². The van der Waals surface area contributed by atoms with Gasteiger partial charge in [-0.25, -0.2) is 4.79 Å². The molecule has 0 aromatic carbocycles. The molecule has 2 rings (SSSR count). The summed E-state index contributed by atoms with van der Waals surface area (Å²) in [6, 6.07) is 3.47. The molecule has 0 aliphatic carbocycles. The molecule has 1 aromatic rings. The largest absolute Gasteiger partial charge is 0.347 e. The smallest absolute Gasteiger partial charge is 0.327 e. The lowest BCUT2D eigenvalue weighted by molar-refractivity contribution is -0.131. The number of nitrogens with one attached hydrogen (secondary N) is 1. The van der Waals surface area contributed by atoms with Crippen LogP contribution in [0.4, 0.5) is 4.79 Å². The topological polar surface area (TPSA) is 69.7 Å². The third kappa shape index (κ3) is 3.90. The maximum atomic E-state index is 12.4. The van der Waals surface area contributed by atoms with Gasteiger partial charge in [0.25, 0.3) is 5.91 Å². The first-order chi connectivity index (χ1) is 11.0. The van der Waals surface area contributed by atoms with Crippen LogP contribution in [-0.4, -0.2) is 47.8 Å². The zero-order valence-electron chi connectivity index (χ0n) is 13.7. The molecule has 1 N–H and O–H groups in total. The summed E-state index contributed by atoms with van der Waals surface area (Å²) in [7, 11) is 1.55. The average molecular weight is 337 g/mol. The first-order valence-electron chi connectivity index (χ1n) is 7.86. The van der Waals surface area contributed by atoms with Gasteiger partial charge in [0.2, 0.25) is 5.91 Å². The Morgan fingerprint density at radius 2 is 2.04 bits per heavy atom. The van der Waals surface area contributed by atoms with Crippen LogP contribution >= 0.6 is 11.3 Å². The number of thiophene rings is 1. The number of likely N-dealkylation sites (N-methyl/N-ethyl adjacent to an activating group) is 1. The van der Waals surface area contributed by atoms with Gasteiger partial charge in [-0.3, -0.25) is 14.5 Å². The molecular formula is C16H23N3O3S. The van der Waals surface area contributed by atoms with Crippen LogP contribution in [0, 0.1) is 5.92 Å². The van der Waals surface area contributed by atoms with E-state index in [1.165, 1.54) is 4.90 Å². The van der Waals surface area contributed by atoms with E-state index in [0.717, 1.165) is 22.6 Å². The molecule has 0 saturated carbocycles. The van der Waals surface area contributed by atoms with Gasteiger partial charge in [-0.15, -0.1) is 11.3 Å². The number of hydrogen-bond acceptors (Lipinski definition) is 4. The second kappa shape index (κ2) is 7.59. The lowest BCUT2D eigenvalue weighted by atomic mass is 9.93. The summed E-state index contributed by atoms with van der Waals surface area (Å²) in [5.74, 6) is -0.305. The molecule has 1 aromatic heterocycles. The molecule has 2 heterocycles. The Bertz CT molecular complexity index is 569. The second-order valence-electron chi connectivity index (χ2n) is 5.76. The molecule has 0 radical (unpaired) electrons. The first-order valence-corrected chi connectivity index (χ1v) is 8.74. The maximum absolute atomic E-state index is 12.4. The van der Waals surface area contributed by atoms with Crippen LogP contribution in [0.5, 0.6) is 0 Å². The van der Waals surface area contributed by atoms with Crippen molar-refractivity contribution in [1.29, 1.82) is 0 Å². The Hall–Kier alpha value is -1.89. The molecule has 1 atom stereocenters. The van der Waals surface area contributed by atoms with Gasteiger partial charge in [0, 0.05) is 11.9 Å². The van der Waals surface area contributed by atoms with Crippen molar-refractivity contribution in [1.82, 2.24) is 15.1 Å². The Kier molecular flexibility index (Phi) is 5.76. The van der Waals surface area contributed by atoms with Crippen molar-refractivity contribution in [3.8, 4) is 0 Å². The summed E-state index contributed by atoms with van der Waals surface area (Å²) < 4.78 is 0. The summed E-state index contributed by atoms with van der Waals surface area (Å²) >= 11 is 1.61. The fourth-order valence-corrected chi connectivity index (χ4v) is 3.71. The van der Waals surface area contributed by atoms with E-state index in [-0.39, 0.29) is 30.9 Å². The minimum atomic E-state index is -0.416. The van der Waals surface area contributed by atoms with Crippen LogP contribution in [-0.2, 0) is 9.59 Å². The predicted octanol–water partition coefficient (Wildman–Crippen LogP) is 2.24. The minimum Gasteiger partial charge on any atom is -0.347 e. The zero-order chi connectivity index (χ0) is 17.0. The van der Waals surface area contributed by atoms with Crippen molar-refractivity contribution in [3.05, 3.63) is 22.4 Å². The van der Waals surface area contributed by atoms with Gasteiger partial charge >= 0.3 is 6.03 Å². The van der Waals surface area contributed by atoms with Crippen LogP contribution in [0.2, 0.25) is 0 Å². The number of carbonyl (C=O) groups excluding carboxylic acids is 3. The molecule has 1 aliphatic rings. The fraction of sp³-hybridized carbons (Fsp3) is 0.562. The van der Waals surface area contributed by atoms with Crippen molar-refractivity contribution >= 4 is 29.2 Å². The highest BCUT2D eigenvalue weighted by Crippen LogP contribution is 2.30. The highest BCUT2D eigenvalue weighted by molar-refractivity contribution is 7.10. The van der Waals surface area contributed by atoms with Crippen LogP contribution in [0.25, 0.3) is 0 Å². The molecule has 1 aliphatic heterocycles. The summed E-state index contributed by atoms with van der Waals surface area (Å²) in [6.07, 6.45) is 1.90. The van der Waals surface area contributed by atoms with Gasteiger partial charge in [-0.2, -0.15) is 0 Å². The van der Waals surface area contributed by atoms with Gasteiger partial charge in [0.15, 0.2) is 0 Å². The van der Waals surface area contributed by atoms with Gasteiger partial charge < -0.3 is 10.2 Å². The fourth-order valence-electron chi connectivity index (χ4n) is 2.84. The molecule has 0 spiro atoms. The number of imide groups is 1. The highest BCUT2D eigenvalue weighted by Gasteiger charge is 2.35. The molecular weight excluding hydrogens is 314 g/mol. The Labute approximate surface area is 140 Å². The standard InChI is InChI=1S/C16H23N3O3S/c1-4-11(5-2)15(12-7-6-8-23-12)17-13(20)9-19-14(21)10-18(3)16(19)22/h6-8,11,15H,4-5,9-10H2,1-3H3,(H,17,20)/t15-/m1/s1. The third-order valence-electron chi connectivity index (χ3n) is 4.22. The number of nitrogens with zero attached hydrogens (tertiary/aromatic N) is 2. The molecule has 1 fully saturated rings. The molecule has 1 saturated heterocycles. The SMILES string of the molecule is CCC(CC)[C@@H](NC(=O)CN1C(=O)CN(C)C1=O)c1cccs1. The van der Waals surface area contributed by atoms with Crippen LogP contribution < -0.4 is 5.32 Å². The minimum absolute atomic E-state index is 0.0347. The van der Waals surface area contributed by atoms with E-state index in [9.17, 15) is 14.4 Å². The quantitative estimate of drug-likeness (QED) is 0.776. The Morgan fingerprint density at radius 1 is 1.35 bits per heavy atom. The van der Waals surface area contributed by atoms with E-state index in [2.05, 4.69) is 19.2 Å². The van der Waals surface area contributed by atoms with Crippen LogP contribution in [0.3, 0.4) is 0 Å². The third-order valence-corrected chi connectivity index (χ3v) is 5.17. The number of hydrogen-bond donors (Lipinski definition) is 1. The average Bonchev–Trinajstić information content (AvgIpc) is 3.12. The van der Waals surface area contributed by atoms with Crippen LogP contribution in [0.15, 0.2) is 17.5 Å². The lowest BCUT2D eigenvalue weighted by Crippen LogP contribution is -2.43. The summed E-state index contributed by atoms with van der Waals surface area (Å²) in [6.45, 7) is 4.02. The predicted molar refractivity (Wildman–Crippen MR) is 89.0 cm³/mol. The monoisotopic (exact) mass is 337 g/mol. The molecule has 23 heavy (non-hydrogen) atoms. The molecule has 4 amide bonds. The van der Waals surface area contributed by atoms with E-state index < -0.39 is 6.03 Å². The zero-order valence-corrected chi connectivity index (χ0v) is 14.6. The molecule has 0 bridgehead atoms. The van der Waals surface area contributed by atoms with Crippen molar-refractivity contribution < 1.29 is 14.4 Å². The normalized spacial score (nSPS) is 16.3. The van der Waals surface area contributed by atoms with Crippen molar-refractivity contribution in [2.75, 3.05) is 20.1 Å². The Morgan fingerprint density at radius 3 is 2.52 bits per heavy atom.